The fourth-order valence-corrected chi connectivity index (χ4v) is 5.47. The molecule has 0 spiro atoms. The summed E-state index contributed by atoms with van der Waals surface area (Å²) in [5.74, 6) is -1.63. The van der Waals surface area contributed by atoms with Gasteiger partial charge in [0.2, 0.25) is 6.10 Å². The molecule has 0 aliphatic rings. The van der Waals surface area contributed by atoms with E-state index in [9.17, 15) is 22.8 Å². The van der Waals surface area contributed by atoms with Crippen molar-refractivity contribution in [3.05, 3.63) is 89.5 Å². The van der Waals surface area contributed by atoms with Crippen molar-refractivity contribution in [2.75, 3.05) is 20.8 Å². The second-order valence-electron chi connectivity index (χ2n) is 12.0. The number of ether oxygens (including phenoxy) is 4. The number of hydrogen-bond donors (Lipinski definition) is 0. The topological polar surface area (TPSA) is 71.1 Å². The molecule has 2 unspecified atom stereocenters. The van der Waals surface area contributed by atoms with Crippen LogP contribution in [0, 0.1) is 0 Å². The SMILES string of the molecule is CCCCCCCCCCc1ccc(-c2ccc(C(=O)Oc3ccc(C(=O)OC(C(CCCCOC)OC)C(F)(F)F)cc3)cc2)cc1. The normalized spacial score (nSPS) is 12.8. The van der Waals surface area contributed by atoms with Gasteiger partial charge in [-0.2, -0.15) is 13.2 Å². The van der Waals surface area contributed by atoms with Gasteiger partial charge in [0.25, 0.3) is 0 Å². The number of aryl methyl sites for hydroxylation is 1. The molecule has 0 saturated heterocycles. The van der Waals surface area contributed by atoms with Crippen LogP contribution in [0.2, 0.25) is 0 Å². The van der Waals surface area contributed by atoms with Gasteiger partial charge in [0.1, 0.15) is 11.9 Å². The average molecular weight is 671 g/mol. The van der Waals surface area contributed by atoms with Crippen molar-refractivity contribution >= 4 is 11.9 Å². The van der Waals surface area contributed by atoms with E-state index >= 15 is 0 Å². The molecule has 0 saturated carbocycles. The highest BCUT2D eigenvalue weighted by atomic mass is 19.4. The molecule has 0 N–H and O–H groups in total. The largest absolute Gasteiger partial charge is 0.446 e. The quantitative estimate of drug-likeness (QED) is 0.0638. The van der Waals surface area contributed by atoms with Crippen LogP contribution in [0.5, 0.6) is 5.75 Å². The number of carbonyl (C=O) groups excluding carboxylic acids is 2. The standard InChI is InChI=1S/C39H49F3O6/c1-4-5-6-7-8-9-10-11-14-29-16-18-30(19-17-29)31-20-22-32(23-21-31)37(43)47-34-26-24-33(25-27-34)38(44)48-36(39(40,41)42)35(46-3)15-12-13-28-45-2/h16-27,35-36H,4-15,28H2,1-3H3. The van der Waals surface area contributed by atoms with Gasteiger partial charge in [0.15, 0.2) is 0 Å². The Morgan fingerprint density at radius 2 is 1.21 bits per heavy atom. The van der Waals surface area contributed by atoms with Crippen LogP contribution < -0.4 is 4.74 Å². The molecule has 3 rings (SSSR count). The third-order valence-corrected chi connectivity index (χ3v) is 8.31. The van der Waals surface area contributed by atoms with Crippen molar-refractivity contribution in [2.24, 2.45) is 0 Å². The number of hydrogen-bond acceptors (Lipinski definition) is 6. The molecule has 0 amide bonds. The first-order chi connectivity index (χ1) is 23.2. The first-order valence-electron chi connectivity index (χ1n) is 17.0. The van der Waals surface area contributed by atoms with Crippen LogP contribution in [-0.2, 0) is 20.6 Å². The summed E-state index contributed by atoms with van der Waals surface area (Å²) >= 11 is 0. The van der Waals surface area contributed by atoms with Crippen LogP contribution in [0.4, 0.5) is 13.2 Å². The number of esters is 2. The molecule has 3 aromatic rings. The minimum Gasteiger partial charge on any atom is -0.446 e. The Bertz CT molecular complexity index is 1350. The van der Waals surface area contributed by atoms with Crippen molar-refractivity contribution in [3.63, 3.8) is 0 Å². The van der Waals surface area contributed by atoms with Crippen molar-refractivity contribution < 1.29 is 41.7 Å². The molecule has 262 valence electrons. The minimum absolute atomic E-state index is 0.0405. The predicted octanol–water partition coefficient (Wildman–Crippen LogP) is 10.2. The molecule has 0 aromatic heterocycles. The third kappa shape index (κ3) is 13.1. The Kier molecular flexibility index (Phi) is 16.7. The molecular formula is C39H49F3O6. The summed E-state index contributed by atoms with van der Waals surface area (Å²) in [6.07, 6.45) is 3.84. The summed E-state index contributed by atoms with van der Waals surface area (Å²) in [7, 11) is 2.66. The molecule has 0 aliphatic carbocycles. The van der Waals surface area contributed by atoms with Crippen molar-refractivity contribution in [2.45, 2.75) is 102 Å². The van der Waals surface area contributed by atoms with Crippen LogP contribution in [0.3, 0.4) is 0 Å². The number of rotatable bonds is 21. The lowest BCUT2D eigenvalue weighted by atomic mass is 10.00. The van der Waals surface area contributed by atoms with Gasteiger partial charge >= 0.3 is 18.1 Å². The Balaban J connectivity index is 1.50. The highest BCUT2D eigenvalue weighted by molar-refractivity contribution is 5.92. The number of alkyl halides is 3. The van der Waals surface area contributed by atoms with E-state index in [4.69, 9.17) is 18.9 Å². The average Bonchev–Trinajstić information content (AvgIpc) is 3.09. The third-order valence-electron chi connectivity index (χ3n) is 8.31. The molecule has 0 bridgehead atoms. The molecule has 0 fully saturated rings. The Labute approximate surface area is 282 Å². The summed E-state index contributed by atoms with van der Waals surface area (Å²) in [5, 5.41) is 0. The van der Waals surface area contributed by atoms with E-state index in [1.807, 2.05) is 12.1 Å². The van der Waals surface area contributed by atoms with E-state index in [-0.39, 0.29) is 17.7 Å². The molecule has 3 aromatic carbocycles. The Hall–Kier alpha value is -3.69. The van der Waals surface area contributed by atoms with Crippen LogP contribution in [0.25, 0.3) is 11.1 Å². The highest BCUT2D eigenvalue weighted by Gasteiger charge is 2.48. The molecular weight excluding hydrogens is 621 g/mol. The van der Waals surface area contributed by atoms with Crippen LogP contribution in [0.15, 0.2) is 72.8 Å². The fraction of sp³-hybridized carbons (Fsp3) is 0.487. The zero-order chi connectivity index (χ0) is 34.8. The van der Waals surface area contributed by atoms with Gasteiger partial charge in [0, 0.05) is 20.8 Å². The van der Waals surface area contributed by atoms with Gasteiger partial charge in [-0.1, -0.05) is 88.3 Å². The first-order valence-corrected chi connectivity index (χ1v) is 17.0. The van der Waals surface area contributed by atoms with Gasteiger partial charge in [-0.25, -0.2) is 9.59 Å². The van der Waals surface area contributed by atoms with Gasteiger partial charge in [-0.05, 0) is 85.2 Å². The lowest BCUT2D eigenvalue weighted by Gasteiger charge is -2.27. The molecule has 0 radical (unpaired) electrons. The van der Waals surface area contributed by atoms with Crippen LogP contribution in [0.1, 0.15) is 104 Å². The lowest BCUT2D eigenvalue weighted by molar-refractivity contribution is -0.234. The maximum absolute atomic E-state index is 13.8. The zero-order valence-corrected chi connectivity index (χ0v) is 28.4. The lowest BCUT2D eigenvalue weighted by Crippen LogP contribution is -2.44. The molecule has 6 nitrogen and oxygen atoms in total. The molecule has 0 heterocycles. The molecule has 2 atom stereocenters. The van der Waals surface area contributed by atoms with Gasteiger partial charge in [0.05, 0.1) is 11.1 Å². The number of benzene rings is 3. The van der Waals surface area contributed by atoms with E-state index in [1.54, 1.807) is 12.1 Å². The predicted molar refractivity (Wildman–Crippen MR) is 181 cm³/mol. The van der Waals surface area contributed by atoms with E-state index in [1.165, 1.54) is 88.3 Å². The van der Waals surface area contributed by atoms with E-state index in [0.717, 1.165) is 24.7 Å². The van der Waals surface area contributed by atoms with E-state index in [2.05, 4.69) is 31.2 Å². The van der Waals surface area contributed by atoms with Crippen molar-refractivity contribution in [3.8, 4) is 16.9 Å². The minimum atomic E-state index is -4.82. The zero-order valence-electron chi connectivity index (χ0n) is 28.4. The summed E-state index contributed by atoms with van der Waals surface area (Å²) in [6, 6.07) is 20.7. The van der Waals surface area contributed by atoms with Gasteiger partial charge in [-0.15, -0.1) is 0 Å². The Morgan fingerprint density at radius 1 is 0.667 bits per heavy atom. The maximum Gasteiger partial charge on any atom is 0.428 e. The Morgan fingerprint density at radius 3 is 1.77 bits per heavy atom. The first kappa shape index (κ1) is 38.8. The van der Waals surface area contributed by atoms with Crippen molar-refractivity contribution in [1.82, 2.24) is 0 Å². The molecule has 0 aliphatic heterocycles. The number of methoxy groups -OCH3 is 2. The second kappa shape index (κ2) is 20.6. The number of unbranched alkanes of at least 4 members (excludes halogenated alkanes) is 8. The van der Waals surface area contributed by atoms with Crippen LogP contribution in [-0.4, -0.2) is 51.1 Å². The van der Waals surface area contributed by atoms with Crippen molar-refractivity contribution in [1.29, 1.82) is 0 Å². The molecule has 9 heteroatoms. The second-order valence-corrected chi connectivity index (χ2v) is 12.0. The van der Waals surface area contributed by atoms with E-state index in [0.29, 0.717) is 25.0 Å². The summed E-state index contributed by atoms with van der Waals surface area (Å²) in [4.78, 5) is 25.4. The van der Waals surface area contributed by atoms with Gasteiger partial charge < -0.3 is 18.9 Å². The molecule has 48 heavy (non-hydrogen) atoms. The highest BCUT2D eigenvalue weighted by Crippen LogP contribution is 2.30. The maximum atomic E-state index is 13.8. The smallest absolute Gasteiger partial charge is 0.428 e. The monoisotopic (exact) mass is 670 g/mol. The summed E-state index contributed by atoms with van der Waals surface area (Å²) < 4.78 is 61.6. The fourth-order valence-electron chi connectivity index (χ4n) is 5.47. The van der Waals surface area contributed by atoms with Crippen LogP contribution >= 0.6 is 0 Å². The summed E-state index contributed by atoms with van der Waals surface area (Å²) in [5.41, 5.74) is 3.55. The number of carbonyl (C=O) groups is 2. The number of halogens is 3. The van der Waals surface area contributed by atoms with E-state index < -0.39 is 30.3 Å². The van der Waals surface area contributed by atoms with Gasteiger partial charge in [-0.3, -0.25) is 0 Å². The summed E-state index contributed by atoms with van der Waals surface area (Å²) in [6.45, 7) is 2.64.